The lowest BCUT2D eigenvalue weighted by Crippen LogP contribution is -2.32. The van der Waals surface area contributed by atoms with Gasteiger partial charge in [0, 0.05) is 12.2 Å². The van der Waals surface area contributed by atoms with Crippen molar-refractivity contribution >= 4 is 12.6 Å². The molecular formula is C14H24N2S. The highest BCUT2D eigenvalue weighted by Crippen LogP contribution is 2.39. The Morgan fingerprint density at radius 3 is 2.29 bits per heavy atom. The summed E-state index contributed by atoms with van der Waals surface area (Å²) < 4.78 is 2.21. The van der Waals surface area contributed by atoms with Gasteiger partial charge in [0.25, 0.3) is 0 Å². The minimum absolute atomic E-state index is 0.386. The molecule has 0 bridgehead atoms. The predicted molar refractivity (Wildman–Crippen MR) is 75.8 cm³/mol. The zero-order valence-corrected chi connectivity index (χ0v) is 12.2. The van der Waals surface area contributed by atoms with Gasteiger partial charge in [0.2, 0.25) is 0 Å². The van der Waals surface area contributed by atoms with Crippen LogP contribution in [0.2, 0.25) is 0 Å². The van der Waals surface area contributed by atoms with Crippen molar-refractivity contribution in [1.82, 2.24) is 9.78 Å². The van der Waals surface area contributed by atoms with Crippen LogP contribution in [-0.2, 0) is 6.54 Å². The SMILES string of the molecule is Cc1nn(CC2(CS)CCCCC2)c(C)c1C. The fourth-order valence-corrected chi connectivity index (χ4v) is 3.34. The van der Waals surface area contributed by atoms with Crippen LogP contribution < -0.4 is 0 Å². The molecule has 1 heterocycles. The molecule has 0 N–H and O–H groups in total. The molecule has 1 fully saturated rings. The zero-order chi connectivity index (χ0) is 12.5. The van der Waals surface area contributed by atoms with Gasteiger partial charge in [0.05, 0.1) is 5.69 Å². The summed E-state index contributed by atoms with van der Waals surface area (Å²) in [6.45, 7) is 7.51. The van der Waals surface area contributed by atoms with Crippen LogP contribution in [0.5, 0.6) is 0 Å². The second-order valence-corrected chi connectivity index (χ2v) is 5.99. The van der Waals surface area contributed by atoms with E-state index in [1.165, 1.54) is 49.1 Å². The first-order chi connectivity index (χ1) is 8.08. The Bertz CT molecular complexity index is 389. The minimum Gasteiger partial charge on any atom is -0.269 e. The van der Waals surface area contributed by atoms with Crippen molar-refractivity contribution in [3.8, 4) is 0 Å². The Morgan fingerprint density at radius 1 is 1.18 bits per heavy atom. The van der Waals surface area contributed by atoms with Crippen molar-refractivity contribution in [3.05, 3.63) is 17.0 Å². The van der Waals surface area contributed by atoms with Gasteiger partial charge in [0.1, 0.15) is 0 Å². The first kappa shape index (κ1) is 13.0. The number of aromatic nitrogens is 2. The summed E-state index contributed by atoms with van der Waals surface area (Å²) in [6, 6.07) is 0. The average molecular weight is 252 g/mol. The average Bonchev–Trinajstić information content (AvgIpc) is 2.58. The lowest BCUT2D eigenvalue weighted by atomic mass is 9.75. The molecule has 0 unspecified atom stereocenters. The van der Waals surface area contributed by atoms with E-state index in [1.54, 1.807) is 0 Å². The first-order valence-corrected chi connectivity index (χ1v) is 7.33. The maximum Gasteiger partial charge on any atom is 0.0625 e. The molecule has 0 aromatic carbocycles. The van der Waals surface area contributed by atoms with E-state index in [4.69, 9.17) is 0 Å². The molecule has 0 aliphatic heterocycles. The van der Waals surface area contributed by atoms with Gasteiger partial charge in [-0.25, -0.2) is 0 Å². The van der Waals surface area contributed by atoms with Crippen LogP contribution in [0.4, 0.5) is 0 Å². The van der Waals surface area contributed by atoms with Crippen LogP contribution >= 0.6 is 12.6 Å². The molecule has 3 heteroatoms. The highest BCUT2D eigenvalue weighted by atomic mass is 32.1. The highest BCUT2D eigenvalue weighted by Gasteiger charge is 2.32. The minimum atomic E-state index is 0.386. The molecule has 17 heavy (non-hydrogen) atoms. The highest BCUT2D eigenvalue weighted by molar-refractivity contribution is 7.80. The van der Waals surface area contributed by atoms with E-state index < -0.39 is 0 Å². The first-order valence-electron chi connectivity index (χ1n) is 6.69. The van der Waals surface area contributed by atoms with Crippen molar-refractivity contribution in [2.75, 3.05) is 5.75 Å². The fraction of sp³-hybridized carbons (Fsp3) is 0.786. The van der Waals surface area contributed by atoms with Crippen molar-refractivity contribution in [3.63, 3.8) is 0 Å². The van der Waals surface area contributed by atoms with Gasteiger partial charge < -0.3 is 0 Å². The normalized spacial score (nSPS) is 19.5. The van der Waals surface area contributed by atoms with E-state index in [0.717, 1.165) is 12.3 Å². The van der Waals surface area contributed by atoms with E-state index in [0.29, 0.717) is 5.41 Å². The number of aryl methyl sites for hydroxylation is 1. The molecule has 0 radical (unpaired) electrons. The number of hydrogen-bond acceptors (Lipinski definition) is 2. The van der Waals surface area contributed by atoms with Crippen molar-refractivity contribution in [2.24, 2.45) is 5.41 Å². The Balaban J connectivity index is 2.20. The fourth-order valence-electron chi connectivity index (χ4n) is 2.93. The molecule has 0 spiro atoms. The summed E-state index contributed by atoms with van der Waals surface area (Å²) in [5.41, 5.74) is 4.23. The molecule has 96 valence electrons. The quantitative estimate of drug-likeness (QED) is 0.812. The third kappa shape index (κ3) is 2.54. The summed E-state index contributed by atoms with van der Waals surface area (Å²) in [5.74, 6) is 0.990. The third-order valence-electron chi connectivity index (χ3n) is 4.48. The van der Waals surface area contributed by atoms with Crippen LogP contribution in [0.25, 0.3) is 0 Å². The molecule has 0 saturated heterocycles. The van der Waals surface area contributed by atoms with Crippen molar-refractivity contribution in [2.45, 2.75) is 59.4 Å². The molecule has 1 aliphatic carbocycles. The zero-order valence-electron chi connectivity index (χ0n) is 11.3. The van der Waals surface area contributed by atoms with Crippen LogP contribution in [0.3, 0.4) is 0 Å². The Morgan fingerprint density at radius 2 is 1.82 bits per heavy atom. The summed E-state index contributed by atoms with van der Waals surface area (Å²) in [6.07, 6.45) is 6.74. The second-order valence-electron chi connectivity index (χ2n) is 5.67. The van der Waals surface area contributed by atoms with Gasteiger partial charge in [-0.1, -0.05) is 19.3 Å². The van der Waals surface area contributed by atoms with Gasteiger partial charge in [-0.2, -0.15) is 17.7 Å². The molecule has 2 rings (SSSR count). The number of nitrogens with zero attached hydrogens (tertiary/aromatic N) is 2. The van der Waals surface area contributed by atoms with Crippen LogP contribution in [0.1, 0.15) is 49.1 Å². The van der Waals surface area contributed by atoms with Gasteiger partial charge in [-0.15, -0.1) is 0 Å². The van der Waals surface area contributed by atoms with Gasteiger partial charge >= 0.3 is 0 Å². The van der Waals surface area contributed by atoms with E-state index in [-0.39, 0.29) is 0 Å². The van der Waals surface area contributed by atoms with Gasteiger partial charge in [-0.3, -0.25) is 4.68 Å². The molecule has 2 nitrogen and oxygen atoms in total. The van der Waals surface area contributed by atoms with Crippen LogP contribution in [0, 0.1) is 26.2 Å². The number of hydrogen-bond donors (Lipinski definition) is 1. The summed E-state index contributed by atoms with van der Waals surface area (Å²) in [5, 5.41) is 4.68. The Kier molecular flexibility index (Phi) is 3.86. The molecule has 1 aliphatic rings. The molecule has 0 atom stereocenters. The third-order valence-corrected chi connectivity index (χ3v) is 5.15. The maximum atomic E-state index is 4.68. The Labute approximate surface area is 110 Å². The number of thiol groups is 1. The van der Waals surface area contributed by atoms with Crippen LogP contribution in [-0.4, -0.2) is 15.5 Å². The van der Waals surface area contributed by atoms with E-state index >= 15 is 0 Å². The summed E-state index contributed by atoms with van der Waals surface area (Å²) in [7, 11) is 0. The molecular weight excluding hydrogens is 228 g/mol. The lowest BCUT2D eigenvalue weighted by Gasteiger charge is -2.36. The largest absolute Gasteiger partial charge is 0.269 e. The maximum absolute atomic E-state index is 4.68. The molecule has 1 aromatic rings. The smallest absolute Gasteiger partial charge is 0.0625 e. The summed E-state index contributed by atoms with van der Waals surface area (Å²) >= 11 is 4.61. The van der Waals surface area contributed by atoms with E-state index in [9.17, 15) is 0 Å². The van der Waals surface area contributed by atoms with Gasteiger partial charge in [-0.05, 0) is 50.3 Å². The van der Waals surface area contributed by atoms with Crippen molar-refractivity contribution in [1.29, 1.82) is 0 Å². The van der Waals surface area contributed by atoms with E-state index in [2.05, 4.69) is 43.2 Å². The van der Waals surface area contributed by atoms with Crippen molar-refractivity contribution < 1.29 is 0 Å². The predicted octanol–water partition coefficient (Wildman–Crippen LogP) is 3.69. The molecule has 1 aromatic heterocycles. The number of rotatable bonds is 3. The lowest BCUT2D eigenvalue weighted by molar-refractivity contribution is 0.181. The standard InChI is InChI=1S/C14H24N2S/c1-11-12(2)15-16(13(11)3)9-14(10-17)7-5-4-6-8-14/h17H,4-10H2,1-3H3. The molecule has 1 saturated carbocycles. The molecule has 0 amide bonds. The van der Waals surface area contributed by atoms with Crippen LogP contribution in [0.15, 0.2) is 0 Å². The van der Waals surface area contributed by atoms with Gasteiger partial charge in [0.15, 0.2) is 0 Å². The van der Waals surface area contributed by atoms with E-state index in [1.807, 2.05) is 0 Å². The monoisotopic (exact) mass is 252 g/mol. The second kappa shape index (κ2) is 5.05. The summed E-state index contributed by atoms with van der Waals surface area (Å²) in [4.78, 5) is 0. The Hall–Kier alpha value is -0.440. The topological polar surface area (TPSA) is 17.8 Å².